The summed E-state index contributed by atoms with van der Waals surface area (Å²) in [6, 6.07) is 0. The predicted molar refractivity (Wildman–Crippen MR) is 99.8 cm³/mol. The average Bonchev–Trinajstić information content (AvgIpc) is 2.53. The van der Waals surface area contributed by atoms with E-state index in [9.17, 15) is 10.2 Å². The van der Waals surface area contributed by atoms with Crippen LogP contribution < -0.4 is 0 Å². The molecule has 0 aliphatic heterocycles. The lowest BCUT2D eigenvalue weighted by Gasteiger charge is -2.46. The molecule has 24 heavy (non-hydrogen) atoms. The van der Waals surface area contributed by atoms with Crippen molar-refractivity contribution in [3.63, 3.8) is 0 Å². The number of aliphatic hydroxyl groups excluding tert-OH is 2. The normalized spacial score (nSPS) is 32.5. The molecule has 3 rings (SSSR count). The van der Waals surface area contributed by atoms with E-state index in [0.717, 1.165) is 6.42 Å². The second kappa shape index (κ2) is 7.21. The fourth-order valence-electron chi connectivity index (χ4n) is 5.09. The molecule has 0 fully saturated rings. The van der Waals surface area contributed by atoms with Crippen LogP contribution in [0.1, 0.15) is 65.7 Å². The second-order valence-corrected chi connectivity index (χ2v) is 7.97. The van der Waals surface area contributed by atoms with Gasteiger partial charge in [0.2, 0.25) is 0 Å². The van der Waals surface area contributed by atoms with Crippen LogP contribution in [0.25, 0.3) is 0 Å². The van der Waals surface area contributed by atoms with Crippen molar-refractivity contribution >= 4 is 0 Å². The van der Waals surface area contributed by atoms with Gasteiger partial charge in [0.15, 0.2) is 0 Å². The molecule has 0 spiro atoms. The van der Waals surface area contributed by atoms with Crippen LogP contribution in [0.5, 0.6) is 0 Å². The Morgan fingerprint density at radius 1 is 1.08 bits per heavy atom. The highest BCUT2D eigenvalue weighted by Gasteiger charge is 2.45. The first kappa shape index (κ1) is 17.4. The van der Waals surface area contributed by atoms with Gasteiger partial charge in [-0.2, -0.15) is 0 Å². The smallest absolute Gasteiger partial charge is 0.115 e. The van der Waals surface area contributed by atoms with Gasteiger partial charge in [-0.1, -0.05) is 49.0 Å². The number of allylic oxidation sites excluding steroid dienone is 7. The Labute approximate surface area is 146 Å². The molecular weight excluding hydrogens is 296 g/mol. The lowest BCUT2D eigenvalue weighted by Crippen LogP contribution is -2.39. The van der Waals surface area contributed by atoms with Crippen molar-refractivity contribution < 1.29 is 10.2 Å². The molecule has 0 aromatic carbocycles. The van der Waals surface area contributed by atoms with Crippen molar-refractivity contribution in [3.05, 3.63) is 46.5 Å². The molecule has 132 valence electrons. The lowest BCUT2D eigenvalue weighted by molar-refractivity contribution is 0.178. The van der Waals surface area contributed by atoms with E-state index >= 15 is 0 Å². The predicted octanol–water partition coefficient (Wildman–Crippen LogP) is 6.39. The number of aliphatic hydroxyl groups is 2. The molecule has 2 nitrogen and oxygen atoms in total. The number of unbranched alkanes of at least 4 members (excludes halogenated alkanes) is 3. The number of rotatable bonds is 5. The van der Waals surface area contributed by atoms with Gasteiger partial charge in [0.1, 0.15) is 11.5 Å². The Morgan fingerprint density at radius 2 is 1.88 bits per heavy atom. The lowest BCUT2D eigenvalue weighted by atomic mass is 9.58. The van der Waals surface area contributed by atoms with Crippen molar-refractivity contribution in [2.75, 3.05) is 0 Å². The van der Waals surface area contributed by atoms with Crippen LogP contribution >= 0.6 is 0 Å². The Morgan fingerprint density at radius 3 is 2.62 bits per heavy atom. The topological polar surface area (TPSA) is 40.5 Å². The zero-order valence-corrected chi connectivity index (χ0v) is 15.4. The van der Waals surface area contributed by atoms with Gasteiger partial charge >= 0.3 is 0 Å². The molecule has 0 saturated heterocycles. The Balaban J connectivity index is 1.94. The third kappa shape index (κ3) is 3.20. The molecule has 3 aliphatic carbocycles. The van der Waals surface area contributed by atoms with Crippen LogP contribution in [0.2, 0.25) is 0 Å². The Kier molecular flexibility index (Phi) is 5.22. The minimum atomic E-state index is 0.117. The van der Waals surface area contributed by atoms with Gasteiger partial charge in [-0.3, -0.25) is 0 Å². The molecular formula is C22H32O2. The number of hydrogen-bond donors (Lipinski definition) is 2. The molecule has 2 heteroatoms. The summed E-state index contributed by atoms with van der Waals surface area (Å²) in [5.74, 6) is 1.82. The minimum absolute atomic E-state index is 0.117. The van der Waals surface area contributed by atoms with Crippen LogP contribution in [0.3, 0.4) is 0 Å². The number of hydrogen-bond acceptors (Lipinski definition) is 2. The summed E-state index contributed by atoms with van der Waals surface area (Å²) in [7, 11) is 0. The first-order chi connectivity index (χ1) is 11.5. The van der Waals surface area contributed by atoms with E-state index in [1.54, 1.807) is 6.08 Å². The van der Waals surface area contributed by atoms with E-state index in [-0.39, 0.29) is 17.6 Å². The summed E-state index contributed by atoms with van der Waals surface area (Å²) in [4.78, 5) is 0. The fourth-order valence-corrected chi connectivity index (χ4v) is 5.09. The van der Waals surface area contributed by atoms with Crippen molar-refractivity contribution in [1.29, 1.82) is 0 Å². The maximum Gasteiger partial charge on any atom is 0.115 e. The molecule has 0 radical (unpaired) electrons. The highest BCUT2D eigenvalue weighted by atomic mass is 16.3. The highest BCUT2D eigenvalue weighted by Crippen LogP contribution is 2.52. The van der Waals surface area contributed by atoms with Crippen LogP contribution in [0.4, 0.5) is 0 Å². The molecule has 2 N–H and O–H groups in total. The maximum absolute atomic E-state index is 10.6. The van der Waals surface area contributed by atoms with Gasteiger partial charge < -0.3 is 10.2 Å². The standard InChI is InChI=1S/C22H32O2/c1-4-5-6-7-8-17-15(3)18-10-9-14(2)11-19(18)22-20(17)12-16(23)13-21(22)24/h11-13,18-20,22-24H,4-10H2,1-3H3/t18-,19+,20?,22?/m0/s1. The third-order valence-corrected chi connectivity index (χ3v) is 6.35. The molecule has 0 saturated carbocycles. The summed E-state index contributed by atoms with van der Waals surface area (Å²) in [6.07, 6.45) is 14.4. The highest BCUT2D eigenvalue weighted by molar-refractivity contribution is 5.39. The third-order valence-electron chi connectivity index (χ3n) is 6.35. The van der Waals surface area contributed by atoms with Crippen molar-refractivity contribution in [2.45, 2.75) is 65.7 Å². The van der Waals surface area contributed by atoms with Gasteiger partial charge in [0, 0.05) is 17.9 Å². The van der Waals surface area contributed by atoms with Crippen LogP contribution in [0, 0.1) is 23.7 Å². The number of fused-ring (bicyclic) bond motifs is 3. The molecule has 0 aromatic heterocycles. The van der Waals surface area contributed by atoms with E-state index in [2.05, 4.69) is 26.8 Å². The molecule has 0 bridgehead atoms. The second-order valence-electron chi connectivity index (χ2n) is 7.97. The summed E-state index contributed by atoms with van der Waals surface area (Å²) < 4.78 is 0. The van der Waals surface area contributed by atoms with E-state index in [4.69, 9.17) is 0 Å². The molecule has 0 heterocycles. The maximum atomic E-state index is 10.6. The SMILES string of the molecule is CCCCCCC1=C(C)[C@@H]2CCC(C)=C[C@H]2C2C(O)=CC(O)=CC12. The van der Waals surface area contributed by atoms with Crippen LogP contribution in [-0.2, 0) is 0 Å². The van der Waals surface area contributed by atoms with E-state index in [1.165, 1.54) is 55.2 Å². The summed E-state index contributed by atoms with van der Waals surface area (Å²) in [5.41, 5.74) is 4.46. The summed E-state index contributed by atoms with van der Waals surface area (Å²) in [6.45, 7) is 6.76. The molecule has 0 aromatic rings. The molecule has 0 amide bonds. The van der Waals surface area contributed by atoms with Gasteiger partial charge in [-0.25, -0.2) is 0 Å². The fraction of sp³-hybridized carbons (Fsp3) is 0.636. The monoisotopic (exact) mass is 328 g/mol. The average molecular weight is 328 g/mol. The molecule has 3 aliphatic rings. The zero-order chi connectivity index (χ0) is 17.3. The van der Waals surface area contributed by atoms with Crippen molar-refractivity contribution in [3.8, 4) is 0 Å². The molecule has 2 unspecified atom stereocenters. The van der Waals surface area contributed by atoms with Gasteiger partial charge in [0.25, 0.3) is 0 Å². The van der Waals surface area contributed by atoms with Gasteiger partial charge in [-0.15, -0.1) is 0 Å². The van der Waals surface area contributed by atoms with Crippen molar-refractivity contribution in [1.82, 2.24) is 0 Å². The largest absolute Gasteiger partial charge is 0.512 e. The van der Waals surface area contributed by atoms with Gasteiger partial charge in [-0.05, 0) is 57.4 Å². The van der Waals surface area contributed by atoms with Gasteiger partial charge in [0.05, 0.1) is 0 Å². The first-order valence-electron chi connectivity index (χ1n) is 9.71. The minimum Gasteiger partial charge on any atom is -0.512 e. The summed E-state index contributed by atoms with van der Waals surface area (Å²) >= 11 is 0. The van der Waals surface area contributed by atoms with Crippen molar-refractivity contribution in [2.24, 2.45) is 23.7 Å². The van der Waals surface area contributed by atoms with E-state index < -0.39 is 0 Å². The Bertz CT molecular complexity index is 605. The quantitative estimate of drug-likeness (QED) is 0.453. The molecule has 4 atom stereocenters. The summed E-state index contributed by atoms with van der Waals surface area (Å²) in [5, 5.41) is 20.7. The van der Waals surface area contributed by atoms with Crippen LogP contribution in [-0.4, -0.2) is 10.2 Å². The first-order valence-corrected chi connectivity index (χ1v) is 9.71. The van der Waals surface area contributed by atoms with E-state index in [1.807, 2.05) is 6.08 Å². The van der Waals surface area contributed by atoms with Crippen LogP contribution in [0.15, 0.2) is 46.5 Å². The van der Waals surface area contributed by atoms with E-state index in [0.29, 0.717) is 17.6 Å². The Hall–Kier alpha value is -1.44. The zero-order valence-electron chi connectivity index (χ0n) is 15.4.